The van der Waals surface area contributed by atoms with Crippen LogP contribution in [0.25, 0.3) is 0 Å². The quantitative estimate of drug-likeness (QED) is 0.633. The highest BCUT2D eigenvalue weighted by Crippen LogP contribution is 2.26. The summed E-state index contributed by atoms with van der Waals surface area (Å²) in [4.78, 5) is 15.2. The Hall–Kier alpha value is -2.32. The van der Waals surface area contributed by atoms with Crippen molar-refractivity contribution in [2.45, 2.75) is 45.2 Å². The molecule has 0 unspecified atom stereocenters. The highest BCUT2D eigenvalue weighted by Gasteiger charge is 2.22. The van der Waals surface area contributed by atoms with E-state index < -0.39 is 0 Å². The topological polar surface area (TPSA) is 103 Å². The van der Waals surface area contributed by atoms with Crippen LogP contribution < -0.4 is 5.32 Å². The second-order valence-electron chi connectivity index (χ2n) is 6.34. The van der Waals surface area contributed by atoms with Crippen LogP contribution >= 0.6 is 0 Å². The molecule has 2 aromatic rings. The second-order valence-corrected chi connectivity index (χ2v) is 6.34. The van der Waals surface area contributed by atoms with E-state index in [0.717, 1.165) is 31.6 Å². The third-order valence-electron chi connectivity index (χ3n) is 4.55. The summed E-state index contributed by atoms with van der Waals surface area (Å²) in [6.07, 6.45) is 1.80. The van der Waals surface area contributed by atoms with Crippen molar-refractivity contribution in [3.63, 3.8) is 0 Å². The van der Waals surface area contributed by atoms with Crippen LogP contribution in [0.5, 0.6) is 0 Å². The van der Waals surface area contributed by atoms with Gasteiger partial charge in [0.1, 0.15) is 0 Å². The molecular weight excluding hydrogens is 324 g/mol. The molecule has 1 saturated heterocycles. The summed E-state index contributed by atoms with van der Waals surface area (Å²) in [7, 11) is 0. The second kappa shape index (κ2) is 7.71. The van der Waals surface area contributed by atoms with Crippen molar-refractivity contribution < 1.29 is 14.2 Å². The van der Waals surface area contributed by atoms with Crippen molar-refractivity contribution in [3.8, 4) is 0 Å². The van der Waals surface area contributed by atoms with Crippen LogP contribution in [0.1, 0.15) is 54.6 Å². The lowest BCUT2D eigenvalue weighted by Gasteiger charge is -2.18. The Bertz CT molecular complexity index is 740. The number of aromatic nitrogens is 2. The Morgan fingerprint density at radius 1 is 1.40 bits per heavy atom. The molecule has 134 valence electrons. The van der Waals surface area contributed by atoms with E-state index in [1.807, 2.05) is 13.0 Å². The molecule has 25 heavy (non-hydrogen) atoms. The van der Waals surface area contributed by atoms with Crippen molar-refractivity contribution in [2.24, 2.45) is 0 Å². The van der Waals surface area contributed by atoms with Gasteiger partial charge in [0.15, 0.2) is 5.82 Å². The first kappa shape index (κ1) is 17.5. The van der Waals surface area contributed by atoms with E-state index >= 15 is 0 Å². The van der Waals surface area contributed by atoms with Crippen molar-refractivity contribution in [1.82, 2.24) is 15.5 Å². The zero-order valence-electron chi connectivity index (χ0n) is 14.4. The maximum absolute atomic E-state index is 11.1. The van der Waals surface area contributed by atoms with Gasteiger partial charge >= 0.3 is 0 Å². The van der Waals surface area contributed by atoms with Gasteiger partial charge in [-0.05, 0) is 32.3 Å². The van der Waals surface area contributed by atoms with Gasteiger partial charge in [0, 0.05) is 36.8 Å². The Morgan fingerprint density at radius 2 is 2.16 bits per heavy atom. The van der Waals surface area contributed by atoms with Gasteiger partial charge < -0.3 is 14.6 Å². The van der Waals surface area contributed by atoms with Crippen LogP contribution in [0.2, 0.25) is 0 Å². The fourth-order valence-electron chi connectivity index (χ4n) is 2.90. The van der Waals surface area contributed by atoms with Crippen molar-refractivity contribution in [1.29, 1.82) is 0 Å². The van der Waals surface area contributed by atoms with E-state index in [-0.39, 0.29) is 22.6 Å². The van der Waals surface area contributed by atoms with E-state index in [2.05, 4.69) is 15.5 Å². The highest BCUT2D eigenvalue weighted by molar-refractivity contribution is 5.43. The lowest BCUT2D eigenvalue weighted by atomic mass is 10.0. The van der Waals surface area contributed by atoms with Gasteiger partial charge in [0.25, 0.3) is 5.69 Å². The summed E-state index contributed by atoms with van der Waals surface area (Å²) >= 11 is 0. The largest absolute Gasteiger partial charge is 0.381 e. The predicted octanol–water partition coefficient (Wildman–Crippen LogP) is 3.03. The van der Waals surface area contributed by atoms with Crippen LogP contribution in [0.15, 0.2) is 22.7 Å². The Kier molecular flexibility index (Phi) is 5.40. The number of nitrogens with one attached hydrogen (secondary N) is 1. The summed E-state index contributed by atoms with van der Waals surface area (Å²) in [5, 5.41) is 18.4. The normalized spacial score (nSPS) is 16.7. The molecule has 0 radical (unpaired) electrons. The van der Waals surface area contributed by atoms with Crippen LogP contribution in [-0.4, -0.2) is 28.3 Å². The molecule has 1 aliphatic rings. The Labute approximate surface area is 145 Å². The molecule has 8 heteroatoms. The molecule has 0 aliphatic carbocycles. The Balaban J connectivity index is 1.60. The van der Waals surface area contributed by atoms with Crippen molar-refractivity contribution in [3.05, 3.63) is 51.2 Å². The zero-order chi connectivity index (χ0) is 17.8. The molecule has 0 amide bonds. The molecule has 1 aliphatic heterocycles. The minimum absolute atomic E-state index is 0.0654. The van der Waals surface area contributed by atoms with Gasteiger partial charge in [0.2, 0.25) is 5.89 Å². The first-order chi connectivity index (χ1) is 12.0. The van der Waals surface area contributed by atoms with Crippen LogP contribution in [0, 0.1) is 17.0 Å². The molecule has 1 atom stereocenters. The summed E-state index contributed by atoms with van der Waals surface area (Å²) in [5.74, 6) is 1.53. The number of nitro groups is 1. The van der Waals surface area contributed by atoms with Gasteiger partial charge in [-0.3, -0.25) is 10.1 Å². The minimum Gasteiger partial charge on any atom is -0.381 e. The fraction of sp³-hybridized carbons (Fsp3) is 0.529. The number of rotatable bonds is 6. The average Bonchev–Trinajstić information content (AvgIpc) is 3.09. The SMILES string of the molecule is Cc1ccc([C@H](C)NCc2noc(C3CCOCC3)n2)cc1[N+](=O)[O-]. The van der Waals surface area contributed by atoms with E-state index in [1.165, 1.54) is 0 Å². The zero-order valence-corrected chi connectivity index (χ0v) is 14.4. The molecule has 1 fully saturated rings. The molecular formula is C17H22N4O4. The number of nitro benzene ring substituents is 1. The maximum Gasteiger partial charge on any atom is 0.272 e. The fourth-order valence-corrected chi connectivity index (χ4v) is 2.90. The molecule has 1 N–H and O–H groups in total. The van der Waals surface area contributed by atoms with E-state index in [9.17, 15) is 10.1 Å². The molecule has 1 aromatic carbocycles. The summed E-state index contributed by atoms with van der Waals surface area (Å²) < 4.78 is 10.7. The Morgan fingerprint density at radius 3 is 2.88 bits per heavy atom. The third-order valence-corrected chi connectivity index (χ3v) is 4.55. The first-order valence-electron chi connectivity index (χ1n) is 8.43. The molecule has 0 bridgehead atoms. The molecule has 1 aromatic heterocycles. The number of ether oxygens (including phenoxy) is 1. The lowest BCUT2D eigenvalue weighted by Crippen LogP contribution is -2.19. The van der Waals surface area contributed by atoms with E-state index in [4.69, 9.17) is 9.26 Å². The third kappa shape index (κ3) is 4.21. The number of benzene rings is 1. The highest BCUT2D eigenvalue weighted by atomic mass is 16.6. The van der Waals surface area contributed by atoms with Gasteiger partial charge in [-0.1, -0.05) is 17.3 Å². The summed E-state index contributed by atoms with van der Waals surface area (Å²) in [6.45, 7) is 5.58. The van der Waals surface area contributed by atoms with E-state index in [1.54, 1.807) is 19.1 Å². The standard InChI is InChI=1S/C17H22N4O4/c1-11-3-4-14(9-15(11)21(22)23)12(2)18-10-16-19-17(25-20-16)13-5-7-24-8-6-13/h3-4,9,12-13,18H,5-8,10H2,1-2H3/t12-/m0/s1. The number of hydrogen-bond acceptors (Lipinski definition) is 7. The smallest absolute Gasteiger partial charge is 0.272 e. The van der Waals surface area contributed by atoms with Gasteiger partial charge in [-0.2, -0.15) is 4.98 Å². The monoisotopic (exact) mass is 346 g/mol. The first-order valence-corrected chi connectivity index (χ1v) is 8.43. The van der Waals surface area contributed by atoms with Gasteiger partial charge in [-0.15, -0.1) is 0 Å². The summed E-state index contributed by atoms with van der Waals surface area (Å²) in [6, 6.07) is 5.20. The molecule has 0 saturated carbocycles. The average molecular weight is 346 g/mol. The molecule has 0 spiro atoms. The minimum atomic E-state index is -0.356. The van der Waals surface area contributed by atoms with Crippen LogP contribution in [-0.2, 0) is 11.3 Å². The predicted molar refractivity (Wildman–Crippen MR) is 90.2 cm³/mol. The van der Waals surface area contributed by atoms with Gasteiger partial charge in [-0.25, -0.2) is 0 Å². The molecule has 2 heterocycles. The molecule has 8 nitrogen and oxygen atoms in total. The number of hydrogen-bond donors (Lipinski definition) is 1. The van der Waals surface area contributed by atoms with Crippen molar-refractivity contribution in [2.75, 3.05) is 13.2 Å². The van der Waals surface area contributed by atoms with E-state index in [0.29, 0.717) is 23.8 Å². The number of aryl methyl sites for hydroxylation is 1. The maximum atomic E-state index is 11.1. The molecule has 3 rings (SSSR count). The number of nitrogens with zero attached hydrogens (tertiary/aromatic N) is 3. The summed E-state index contributed by atoms with van der Waals surface area (Å²) in [5.41, 5.74) is 1.64. The lowest BCUT2D eigenvalue weighted by molar-refractivity contribution is -0.385. The van der Waals surface area contributed by atoms with Crippen LogP contribution in [0.4, 0.5) is 5.69 Å². The van der Waals surface area contributed by atoms with Crippen LogP contribution in [0.3, 0.4) is 0 Å². The van der Waals surface area contributed by atoms with Crippen molar-refractivity contribution >= 4 is 5.69 Å². The van der Waals surface area contributed by atoms with Gasteiger partial charge in [0.05, 0.1) is 11.5 Å².